The Bertz CT molecular complexity index is 3050. The van der Waals surface area contributed by atoms with Crippen LogP contribution >= 0.6 is 11.3 Å². The highest BCUT2D eigenvalue weighted by Crippen LogP contribution is 2.37. The zero-order chi connectivity index (χ0) is 56.2. The molecule has 3 saturated heterocycles. The molecule has 80 heavy (non-hydrogen) atoms. The average Bonchev–Trinajstić information content (AvgIpc) is 4.33. The molecule has 0 saturated carbocycles. The van der Waals surface area contributed by atoms with Gasteiger partial charge in [-0.05, 0) is 84.7 Å². The van der Waals surface area contributed by atoms with Gasteiger partial charge in [0.25, 0.3) is 0 Å². The summed E-state index contributed by atoms with van der Waals surface area (Å²) in [5, 5.41) is 18.6. The van der Waals surface area contributed by atoms with Crippen molar-refractivity contribution in [3.05, 3.63) is 113 Å². The third-order valence-corrected chi connectivity index (χ3v) is 16.3. The van der Waals surface area contributed by atoms with E-state index in [0.29, 0.717) is 71.2 Å². The molecule has 4 atom stereocenters. The van der Waals surface area contributed by atoms with Gasteiger partial charge in [0.15, 0.2) is 11.4 Å². The summed E-state index contributed by atoms with van der Waals surface area (Å²) in [7, 11) is 0. The van der Waals surface area contributed by atoms with Crippen LogP contribution < -0.4 is 15.1 Å². The number of carbonyl (C=O) groups is 4. The van der Waals surface area contributed by atoms with Crippen LogP contribution in [0.5, 0.6) is 0 Å². The van der Waals surface area contributed by atoms with Gasteiger partial charge in [0.05, 0.1) is 92.3 Å². The van der Waals surface area contributed by atoms with Crippen molar-refractivity contribution >= 4 is 52.0 Å². The number of anilines is 2. The van der Waals surface area contributed by atoms with E-state index in [1.54, 1.807) is 29.7 Å². The largest absolute Gasteiger partial charge is 0.391 e. The molecule has 2 amide bonds. The molecule has 3 aliphatic heterocycles. The van der Waals surface area contributed by atoms with Gasteiger partial charge in [-0.2, -0.15) is 0 Å². The molecule has 6 aromatic rings. The summed E-state index contributed by atoms with van der Waals surface area (Å²) < 4.78 is 33.0. The molecule has 0 radical (unpaired) electrons. The number of benzene rings is 2. The number of aryl methyl sites for hydroxylation is 2. The molecule has 0 aliphatic carbocycles. The summed E-state index contributed by atoms with van der Waals surface area (Å²) in [6, 6.07) is 24.1. The van der Waals surface area contributed by atoms with Gasteiger partial charge in [-0.25, -0.2) is 23.9 Å². The maximum absolute atomic E-state index is 14.1. The Morgan fingerprint density at radius 2 is 1.60 bits per heavy atom. The minimum atomic E-state index is -0.804. The predicted molar refractivity (Wildman–Crippen MR) is 305 cm³/mol. The number of aromatic nitrogens is 5. The molecule has 426 valence electrons. The van der Waals surface area contributed by atoms with Crippen LogP contribution in [0.4, 0.5) is 16.0 Å². The van der Waals surface area contributed by atoms with Crippen molar-refractivity contribution in [2.45, 2.75) is 90.8 Å². The van der Waals surface area contributed by atoms with Gasteiger partial charge in [-0.15, -0.1) is 16.4 Å². The van der Waals surface area contributed by atoms with Crippen molar-refractivity contribution in [2.24, 2.45) is 11.3 Å². The molecule has 20 heteroatoms. The third-order valence-electron chi connectivity index (χ3n) is 15.4. The monoisotopic (exact) mass is 1110 g/mol. The van der Waals surface area contributed by atoms with E-state index in [1.165, 1.54) is 11.0 Å². The van der Waals surface area contributed by atoms with E-state index in [9.17, 15) is 28.7 Å². The number of amides is 2. The number of piperazine rings is 1. The summed E-state index contributed by atoms with van der Waals surface area (Å²) in [4.78, 5) is 76.9. The number of rotatable bonds is 26. The highest BCUT2D eigenvalue weighted by Gasteiger charge is 2.44. The SMILES string of the molecule is Cc1ncsc1-c1ccc(CCC(=O)[C@@H]2C[C@@H](O)CN2C(=O)[C@@H](CC(=O)CCOCCOCCOCCNC(=O)CN2CCN(c3cccc(-c4cnc5ccc(N6CCC[C@@H]6c6cccc(F)c6)nn45)n3)CC2)C(C)(C)C)cc1. The minimum Gasteiger partial charge on any atom is -0.391 e. The van der Waals surface area contributed by atoms with Gasteiger partial charge in [-0.3, -0.25) is 24.1 Å². The first-order chi connectivity index (χ1) is 38.7. The number of imidazole rings is 1. The van der Waals surface area contributed by atoms with Gasteiger partial charge in [0.2, 0.25) is 11.8 Å². The van der Waals surface area contributed by atoms with Crippen LogP contribution in [0, 0.1) is 24.1 Å². The number of aliphatic hydroxyl groups is 1. The quantitative estimate of drug-likeness (QED) is 0.0519. The topological polar surface area (TPSA) is 197 Å². The van der Waals surface area contributed by atoms with Crippen molar-refractivity contribution in [3.8, 4) is 21.8 Å². The Morgan fingerprint density at radius 3 is 2.34 bits per heavy atom. The number of pyridine rings is 1. The van der Waals surface area contributed by atoms with E-state index in [0.717, 1.165) is 69.7 Å². The number of thiazole rings is 1. The fraction of sp³-hybridized carbons (Fsp3) is 0.500. The van der Waals surface area contributed by atoms with Gasteiger partial charge in [-0.1, -0.05) is 63.2 Å². The van der Waals surface area contributed by atoms with Crippen molar-refractivity contribution < 1.29 is 42.9 Å². The lowest BCUT2D eigenvalue weighted by atomic mass is 9.76. The van der Waals surface area contributed by atoms with Crippen LogP contribution in [-0.2, 0) is 39.8 Å². The number of hydrogen-bond acceptors (Lipinski definition) is 16. The van der Waals surface area contributed by atoms with Crippen LogP contribution in [0.1, 0.15) is 82.2 Å². The number of ether oxygens (including phenoxy) is 3. The lowest BCUT2D eigenvalue weighted by Crippen LogP contribution is -2.50. The Balaban J connectivity index is 0.615. The molecule has 2 aromatic carbocycles. The second kappa shape index (κ2) is 27.3. The summed E-state index contributed by atoms with van der Waals surface area (Å²) in [5.74, 6) is 0.210. The molecule has 18 nitrogen and oxygen atoms in total. The highest BCUT2D eigenvalue weighted by molar-refractivity contribution is 7.13. The van der Waals surface area contributed by atoms with E-state index in [4.69, 9.17) is 24.3 Å². The number of carbonyl (C=O) groups excluding carboxylic acids is 4. The third kappa shape index (κ3) is 15.1. The number of hydrogen-bond donors (Lipinski definition) is 2. The number of nitrogens with zero attached hydrogens (tertiary/aromatic N) is 9. The summed E-state index contributed by atoms with van der Waals surface area (Å²) in [6.07, 6.45) is 4.01. The first kappa shape index (κ1) is 58.1. The Hall–Kier alpha value is -6.55. The van der Waals surface area contributed by atoms with E-state index >= 15 is 0 Å². The second-order valence-electron chi connectivity index (χ2n) is 22.1. The zero-order valence-corrected chi connectivity index (χ0v) is 47.3. The number of fused-ring (bicyclic) bond motifs is 1. The van der Waals surface area contributed by atoms with Gasteiger partial charge in [0, 0.05) is 77.4 Å². The Kier molecular flexibility index (Phi) is 19.8. The first-order valence-corrected chi connectivity index (χ1v) is 28.9. The molecule has 2 N–H and O–H groups in total. The smallest absolute Gasteiger partial charge is 0.234 e. The Morgan fingerprint density at radius 1 is 0.850 bits per heavy atom. The van der Waals surface area contributed by atoms with Gasteiger partial charge in [0.1, 0.15) is 28.9 Å². The number of ketones is 2. The van der Waals surface area contributed by atoms with Crippen LogP contribution in [0.15, 0.2) is 90.6 Å². The molecular formula is C60H75FN10O8S. The first-order valence-electron chi connectivity index (χ1n) is 28.0. The Labute approximate surface area is 471 Å². The van der Waals surface area contributed by atoms with Crippen LogP contribution in [0.2, 0.25) is 0 Å². The van der Waals surface area contributed by atoms with Crippen LogP contribution in [0.3, 0.4) is 0 Å². The molecule has 9 rings (SSSR count). The van der Waals surface area contributed by atoms with Gasteiger partial charge < -0.3 is 39.3 Å². The highest BCUT2D eigenvalue weighted by atomic mass is 32.1. The zero-order valence-electron chi connectivity index (χ0n) is 46.4. The fourth-order valence-corrected chi connectivity index (χ4v) is 11.7. The molecule has 3 aliphatic rings. The minimum absolute atomic E-state index is 0.0143. The number of β-amino-alcohol motifs (C(OH)–C–C–N with tert-alkyl or cyclic N) is 1. The van der Waals surface area contributed by atoms with E-state index in [2.05, 4.69) is 30.0 Å². The van der Waals surface area contributed by atoms with Crippen molar-refractivity contribution in [1.29, 1.82) is 0 Å². The fourth-order valence-electron chi connectivity index (χ4n) is 10.9. The molecular weight excluding hydrogens is 1040 g/mol. The average molecular weight is 1120 g/mol. The maximum Gasteiger partial charge on any atom is 0.234 e. The number of Topliss-reactive ketones (excluding diaryl/α,β-unsaturated/α-hetero) is 2. The number of aliphatic hydroxyl groups excluding tert-OH is 1. The normalized spacial score (nSPS) is 18.3. The number of halogens is 1. The number of likely N-dealkylation sites (tertiary alicyclic amines) is 1. The maximum atomic E-state index is 14.1. The van der Waals surface area contributed by atoms with Crippen molar-refractivity contribution in [3.63, 3.8) is 0 Å². The lowest BCUT2D eigenvalue weighted by Gasteiger charge is -2.35. The van der Waals surface area contributed by atoms with E-state index < -0.39 is 23.5 Å². The summed E-state index contributed by atoms with van der Waals surface area (Å²) in [6.45, 7) is 14.0. The second-order valence-corrected chi connectivity index (χ2v) is 22.9. The predicted octanol–water partition coefficient (Wildman–Crippen LogP) is 7.17. The van der Waals surface area contributed by atoms with E-state index in [-0.39, 0.29) is 87.2 Å². The molecule has 3 fully saturated rings. The lowest BCUT2D eigenvalue weighted by molar-refractivity contribution is -0.146. The van der Waals surface area contributed by atoms with Crippen LogP contribution in [-0.4, -0.2) is 167 Å². The van der Waals surface area contributed by atoms with Gasteiger partial charge >= 0.3 is 0 Å². The number of nitrogens with one attached hydrogen (secondary N) is 1. The molecule has 4 aromatic heterocycles. The van der Waals surface area contributed by atoms with Crippen molar-refractivity contribution in [1.82, 2.24) is 39.7 Å². The van der Waals surface area contributed by atoms with E-state index in [1.807, 2.05) is 98.4 Å². The van der Waals surface area contributed by atoms with Crippen LogP contribution in [0.25, 0.3) is 27.5 Å². The summed E-state index contributed by atoms with van der Waals surface area (Å²) in [5.41, 5.74) is 7.55. The molecule has 0 spiro atoms. The summed E-state index contributed by atoms with van der Waals surface area (Å²) >= 11 is 1.59. The molecule has 7 heterocycles. The molecule has 0 unspecified atom stereocenters. The van der Waals surface area contributed by atoms with Crippen molar-refractivity contribution in [2.75, 3.05) is 102 Å². The standard InChI is InChI=1S/C60H75FN10O8S/c1-41-58(80-40-64-41)43-16-13-42(14-17-43)15-18-53(74)51-36-47(73)38-70(51)59(76)48(60(2,3)4)35-46(72)21-28-77-30-32-79-33-31-78-29-22-62-57(75)39-67-24-26-68(27-25-67)55-12-6-10-49(65-55)52-37-63-54-19-20-56(66-71(52)54)69-23-7-11-50(69)44-8-5-9-45(61)34-44/h5-6,8-10,12-14,16-17,19-20,34,37,40,47-48,50-51,73H,7,11,15,18,21-33,35-36,38-39H2,1-4H3,(H,62,75)/t47-,48-,50-,51+/m1/s1. The molecule has 0 bridgehead atoms.